The summed E-state index contributed by atoms with van der Waals surface area (Å²) in [7, 11) is 0. The zero-order chi connectivity index (χ0) is 19.5. The fraction of sp³-hybridized carbons (Fsp3) is 0.450. The van der Waals surface area contributed by atoms with Gasteiger partial charge < -0.3 is 15.0 Å². The average Bonchev–Trinajstić information content (AvgIpc) is 3.30. The van der Waals surface area contributed by atoms with E-state index in [1.165, 1.54) is 17.0 Å². The van der Waals surface area contributed by atoms with E-state index in [0.717, 1.165) is 25.9 Å². The molecule has 0 radical (unpaired) electrons. The molecule has 1 aromatic carbocycles. The van der Waals surface area contributed by atoms with E-state index >= 15 is 0 Å². The highest BCUT2D eigenvalue weighted by Crippen LogP contribution is 2.26. The Morgan fingerprint density at radius 3 is 2.86 bits per heavy atom. The van der Waals surface area contributed by atoms with Crippen LogP contribution in [0.2, 0.25) is 0 Å². The van der Waals surface area contributed by atoms with Crippen LogP contribution >= 0.6 is 0 Å². The monoisotopic (exact) mass is 386 g/mol. The van der Waals surface area contributed by atoms with E-state index in [1.807, 2.05) is 0 Å². The Morgan fingerprint density at radius 1 is 1.29 bits per heavy atom. The van der Waals surface area contributed by atoms with Crippen LogP contribution in [-0.2, 0) is 20.9 Å². The van der Waals surface area contributed by atoms with Gasteiger partial charge in [-0.2, -0.15) is 5.10 Å². The van der Waals surface area contributed by atoms with Crippen molar-refractivity contribution in [1.82, 2.24) is 9.78 Å². The standard InChI is InChI=1S/C20H23FN4O3/c21-15-4-6-17(7-5-15)25-11-14(9-19(25)26)20(27)23-16-10-22-24(12-16)13-18-3-1-2-8-28-18/h4-7,10,12,14,18H,1-3,8-9,11,13H2,(H,23,27)/t14-,18-/m0/s1. The van der Waals surface area contributed by atoms with Crippen LogP contribution in [0.1, 0.15) is 25.7 Å². The van der Waals surface area contributed by atoms with Crippen molar-refractivity contribution >= 4 is 23.2 Å². The van der Waals surface area contributed by atoms with E-state index in [2.05, 4.69) is 10.4 Å². The lowest BCUT2D eigenvalue weighted by atomic mass is 10.1. The summed E-state index contributed by atoms with van der Waals surface area (Å²) in [5, 5.41) is 7.13. The molecule has 2 amide bonds. The van der Waals surface area contributed by atoms with Crippen LogP contribution in [0.4, 0.5) is 15.8 Å². The van der Waals surface area contributed by atoms with Gasteiger partial charge in [0.15, 0.2) is 0 Å². The molecule has 2 atom stereocenters. The van der Waals surface area contributed by atoms with Gasteiger partial charge in [0.05, 0.1) is 30.5 Å². The molecule has 1 aromatic heterocycles. The van der Waals surface area contributed by atoms with Crippen molar-refractivity contribution in [2.45, 2.75) is 38.3 Å². The van der Waals surface area contributed by atoms with Crippen molar-refractivity contribution in [2.75, 3.05) is 23.4 Å². The smallest absolute Gasteiger partial charge is 0.229 e. The molecule has 0 unspecified atom stereocenters. The first kappa shape index (κ1) is 18.6. The number of amides is 2. The van der Waals surface area contributed by atoms with E-state index in [1.54, 1.807) is 29.2 Å². The molecular weight excluding hydrogens is 363 g/mol. The van der Waals surface area contributed by atoms with Crippen LogP contribution in [0.25, 0.3) is 0 Å². The minimum absolute atomic E-state index is 0.132. The van der Waals surface area contributed by atoms with Gasteiger partial charge in [0, 0.05) is 31.5 Å². The number of rotatable bonds is 5. The molecule has 2 saturated heterocycles. The predicted molar refractivity (Wildman–Crippen MR) is 101 cm³/mol. The fourth-order valence-electron chi connectivity index (χ4n) is 3.69. The molecule has 0 spiro atoms. The third-order valence-electron chi connectivity index (χ3n) is 5.20. The van der Waals surface area contributed by atoms with Gasteiger partial charge in [-0.1, -0.05) is 0 Å². The summed E-state index contributed by atoms with van der Waals surface area (Å²) in [4.78, 5) is 26.4. The molecular formula is C20H23FN4O3. The molecule has 2 fully saturated rings. The molecule has 0 saturated carbocycles. The van der Waals surface area contributed by atoms with Crippen LogP contribution in [0.3, 0.4) is 0 Å². The summed E-state index contributed by atoms with van der Waals surface area (Å²) in [6, 6.07) is 5.70. The summed E-state index contributed by atoms with van der Waals surface area (Å²) in [5.41, 5.74) is 1.20. The Balaban J connectivity index is 1.34. The largest absolute Gasteiger partial charge is 0.376 e. The lowest BCUT2D eigenvalue weighted by molar-refractivity contribution is -0.122. The van der Waals surface area contributed by atoms with Crippen molar-refractivity contribution in [3.05, 3.63) is 42.5 Å². The number of hydrogen-bond donors (Lipinski definition) is 1. The Hall–Kier alpha value is -2.74. The van der Waals surface area contributed by atoms with E-state index in [0.29, 0.717) is 17.9 Å². The number of anilines is 2. The first-order valence-corrected chi connectivity index (χ1v) is 9.59. The number of ether oxygens (including phenoxy) is 1. The van der Waals surface area contributed by atoms with Gasteiger partial charge in [0.1, 0.15) is 5.82 Å². The average molecular weight is 386 g/mol. The first-order valence-electron chi connectivity index (χ1n) is 9.59. The molecule has 8 heteroatoms. The number of aromatic nitrogens is 2. The van der Waals surface area contributed by atoms with Crippen LogP contribution in [0, 0.1) is 11.7 Å². The predicted octanol–water partition coefficient (Wildman–Crippen LogP) is 2.58. The molecule has 4 rings (SSSR count). The van der Waals surface area contributed by atoms with Gasteiger partial charge in [-0.3, -0.25) is 14.3 Å². The molecule has 2 aliphatic heterocycles. The zero-order valence-corrected chi connectivity index (χ0v) is 15.5. The van der Waals surface area contributed by atoms with Crippen molar-refractivity contribution in [3.63, 3.8) is 0 Å². The van der Waals surface area contributed by atoms with Gasteiger partial charge in [0.25, 0.3) is 0 Å². The van der Waals surface area contributed by atoms with Crippen molar-refractivity contribution in [2.24, 2.45) is 5.92 Å². The second-order valence-corrected chi connectivity index (χ2v) is 7.31. The van der Waals surface area contributed by atoms with Gasteiger partial charge >= 0.3 is 0 Å². The Kier molecular flexibility index (Phi) is 5.38. The lowest BCUT2D eigenvalue weighted by Gasteiger charge is -2.22. The maximum Gasteiger partial charge on any atom is 0.229 e. The van der Waals surface area contributed by atoms with Crippen LogP contribution in [0.5, 0.6) is 0 Å². The Labute approximate surface area is 162 Å². The molecule has 148 valence electrons. The number of hydrogen-bond acceptors (Lipinski definition) is 4. The fourth-order valence-corrected chi connectivity index (χ4v) is 3.69. The highest BCUT2D eigenvalue weighted by molar-refractivity contribution is 6.03. The van der Waals surface area contributed by atoms with Crippen LogP contribution in [0.15, 0.2) is 36.7 Å². The van der Waals surface area contributed by atoms with Crippen LogP contribution in [-0.4, -0.2) is 40.9 Å². The van der Waals surface area contributed by atoms with Gasteiger partial charge in [-0.25, -0.2) is 4.39 Å². The van der Waals surface area contributed by atoms with Crippen LogP contribution < -0.4 is 10.2 Å². The number of carbonyl (C=O) groups excluding carboxylic acids is 2. The summed E-state index contributed by atoms with van der Waals surface area (Å²) < 4.78 is 20.6. The van der Waals surface area contributed by atoms with Crippen molar-refractivity contribution < 1.29 is 18.7 Å². The minimum atomic E-state index is -0.456. The first-order chi connectivity index (χ1) is 13.6. The van der Waals surface area contributed by atoms with E-state index in [4.69, 9.17) is 4.74 Å². The van der Waals surface area contributed by atoms with Gasteiger partial charge in [-0.15, -0.1) is 0 Å². The molecule has 28 heavy (non-hydrogen) atoms. The minimum Gasteiger partial charge on any atom is -0.376 e. The molecule has 2 aromatic rings. The summed E-state index contributed by atoms with van der Waals surface area (Å²) in [5.74, 6) is -1.17. The SMILES string of the molecule is O=C(Nc1cnn(C[C@@H]2CCCCO2)c1)[C@H]1CC(=O)N(c2ccc(F)cc2)C1. The normalized spacial score (nSPS) is 22.5. The third kappa shape index (κ3) is 4.22. The number of nitrogens with one attached hydrogen (secondary N) is 1. The summed E-state index contributed by atoms with van der Waals surface area (Å²) in [6.07, 6.45) is 6.97. The molecule has 7 nitrogen and oxygen atoms in total. The molecule has 3 heterocycles. The molecule has 2 aliphatic rings. The van der Waals surface area contributed by atoms with Crippen molar-refractivity contribution in [3.8, 4) is 0 Å². The molecule has 0 aliphatic carbocycles. The van der Waals surface area contributed by atoms with E-state index < -0.39 is 5.92 Å². The Morgan fingerprint density at radius 2 is 2.11 bits per heavy atom. The highest BCUT2D eigenvalue weighted by Gasteiger charge is 2.35. The number of nitrogens with zero attached hydrogens (tertiary/aromatic N) is 3. The topological polar surface area (TPSA) is 76.5 Å². The number of carbonyl (C=O) groups is 2. The van der Waals surface area contributed by atoms with Crippen molar-refractivity contribution in [1.29, 1.82) is 0 Å². The highest BCUT2D eigenvalue weighted by atomic mass is 19.1. The molecule has 0 bridgehead atoms. The van der Waals surface area contributed by atoms with Gasteiger partial charge in [-0.05, 0) is 43.5 Å². The number of halogens is 1. The number of benzene rings is 1. The summed E-state index contributed by atoms with van der Waals surface area (Å²) in [6.45, 7) is 1.73. The molecule has 1 N–H and O–H groups in total. The maximum absolute atomic E-state index is 13.1. The zero-order valence-electron chi connectivity index (χ0n) is 15.5. The lowest BCUT2D eigenvalue weighted by Crippen LogP contribution is -2.28. The second-order valence-electron chi connectivity index (χ2n) is 7.31. The van der Waals surface area contributed by atoms with E-state index in [9.17, 15) is 14.0 Å². The maximum atomic E-state index is 13.1. The van der Waals surface area contributed by atoms with Gasteiger partial charge in [0.2, 0.25) is 11.8 Å². The Bertz CT molecular complexity index is 845. The third-order valence-corrected chi connectivity index (χ3v) is 5.20. The summed E-state index contributed by atoms with van der Waals surface area (Å²) >= 11 is 0. The second kappa shape index (κ2) is 8.10. The van der Waals surface area contributed by atoms with E-state index in [-0.39, 0.29) is 36.7 Å². The quantitative estimate of drug-likeness (QED) is 0.857.